The zero-order valence-corrected chi connectivity index (χ0v) is 12.2. The van der Waals surface area contributed by atoms with Crippen molar-refractivity contribution in [3.8, 4) is 0 Å². The highest BCUT2D eigenvalue weighted by atomic mass is 16.7. The quantitative estimate of drug-likeness (QED) is 0.548. The Morgan fingerprint density at radius 2 is 2.05 bits per heavy atom. The highest BCUT2D eigenvalue weighted by Crippen LogP contribution is 2.31. The van der Waals surface area contributed by atoms with Crippen molar-refractivity contribution in [2.24, 2.45) is 5.92 Å². The van der Waals surface area contributed by atoms with Crippen molar-refractivity contribution in [1.82, 2.24) is 0 Å². The van der Waals surface area contributed by atoms with Gasteiger partial charge in [-0.1, -0.05) is 12.2 Å². The van der Waals surface area contributed by atoms with Crippen LogP contribution >= 0.6 is 0 Å². The number of hydrogen-bond acceptors (Lipinski definition) is 6. The molecule has 0 aromatic rings. The lowest BCUT2D eigenvalue weighted by Crippen LogP contribution is -2.59. The molecule has 1 fully saturated rings. The Bertz CT molecular complexity index is 405. The molecule has 120 valence electrons. The van der Waals surface area contributed by atoms with E-state index in [0.717, 1.165) is 18.4 Å². The fourth-order valence-corrected chi connectivity index (χ4v) is 2.68. The number of hydrogen-bond donors (Lipinski definition) is 4. The summed E-state index contributed by atoms with van der Waals surface area (Å²) < 4.78 is 10.9. The van der Waals surface area contributed by atoms with Gasteiger partial charge in [-0.15, -0.1) is 0 Å². The maximum atomic E-state index is 9.91. The maximum absolute atomic E-state index is 9.91. The summed E-state index contributed by atoms with van der Waals surface area (Å²) in [6.45, 7) is 5.49. The van der Waals surface area contributed by atoms with Crippen LogP contribution in [0.5, 0.6) is 0 Å². The standard InChI is InChI=1S/C15H24O6/c1-8(2)9-3-5-10(6-4-9)20-15-14(19)13(18)12(17)11(7-16)21-15/h5,9,11-19H,1,3-4,6-7H2,2H3/t9-,11+,12+,13-,14+,15+/m0/s1. The van der Waals surface area contributed by atoms with Crippen molar-refractivity contribution in [3.05, 3.63) is 24.0 Å². The molecule has 0 saturated carbocycles. The van der Waals surface area contributed by atoms with Gasteiger partial charge in [-0.3, -0.25) is 0 Å². The maximum Gasteiger partial charge on any atom is 0.228 e. The molecule has 6 atom stereocenters. The van der Waals surface area contributed by atoms with Gasteiger partial charge in [-0.05, 0) is 31.8 Å². The van der Waals surface area contributed by atoms with E-state index in [9.17, 15) is 15.3 Å². The fraction of sp³-hybridized carbons (Fsp3) is 0.733. The topological polar surface area (TPSA) is 99.4 Å². The lowest BCUT2D eigenvalue weighted by Gasteiger charge is -2.40. The number of aliphatic hydroxyl groups excluding tert-OH is 4. The first-order chi connectivity index (χ1) is 9.93. The van der Waals surface area contributed by atoms with E-state index in [2.05, 4.69) is 6.58 Å². The Morgan fingerprint density at radius 3 is 2.57 bits per heavy atom. The Kier molecular flexibility index (Phi) is 5.40. The van der Waals surface area contributed by atoms with Gasteiger partial charge in [0.15, 0.2) is 0 Å². The first-order valence-corrected chi connectivity index (χ1v) is 7.25. The van der Waals surface area contributed by atoms with Crippen LogP contribution in [-0.4, -0.2) is 57.7 Å². The van der Waals surface area contributed by atoms with Crippen LogP contribution in [0, 0.1) is 5.92 Å². The smallest absolute Gasteiger partial charge is 0.228 e. The molecule has 0 aromatic heterocycles. The van der Waals surface area contributed by atoms with E-state index >= 15 is 0 Å². The zero-order chi connectivity index (χ0) is 15.6. The number of ether oxygens (including phenoxy) is 2. The molecule has 6 nitrogen and oxygen atoms in total. The molecule has 0 amide bonds. The lowest BCUT2D eigenvalue weighted by molar-refractivity contribution is -0.292. The monoisotopic (exact) mass is 300 g/mol. The molecule has 0 radical (unpaired) electrons. The van der Waals surface area contributed by atoms with Gasteiger partial charge in [0.1, 0.15) is 24.4 Å². The van der Waals surface area contributed by atoms with E-state index in [0.29, 0.717) is 18.1 Å². The van der Waals surface area contributed by atoms with Gasteiger partial charge in [0, 0.05) is 6.42 Å². The van der Waals surface area contributed by atoms with Crippen LogP contribution in [0.2, 0.25) is 0 Å². The Hall–Kier alpha value is -0.920. The van der Waals surface area contributed by atoms with Gasteiger partial charge >= 0.3 is 0 Å². The van der Waals surface area contributed by atoms with Crippen LogP contribution in [0.4, 0.5) is 0 Å². The summed E-state index contributed by atoms with van der Waals surface area (Å²) in [5, 5.41) is 38.4. The Balaban J connectivity index is 1.97. The molecule has 6 heteroatoms. The molecule has 0 bridgehead atoms. The molecular formula is C15H24O6. The second-order valence-electron chi connectivity index (χ2n) is 5.80. The summed E-state index contributed by atoms with van der Waals surface area (Å²) in [6.07, 6.45) is -1.79. The van der Waals surface area contributed by atoms with Crippen molar-refractivity contribution in [1.29, 1.82) is 0 Å². The molecule has 4 N–H and O–H groups in total. The van der Waals surface area contributed by atoms with Gasteiger partial charge in [-0.2, -0.15) is 0 Å². The third-order valence-corrected chi connectivity index (χ3v) is 4.18. The predicted octanol–water partition coefficient (Wildman–Crippen LogP) is 0.0630. The molecule has 0 unspecified atom stereocenters. The van der Waals surface area contributed by atoms with Gasteiger partial charge in [0.05, 0.1) is 12.4 Å². The van der Waals surface area contributed by atoms with Gasteiger partial charge in [0.25, 0.3) is 0 Å². The van der Waals surface area contributed by atoms with Crippen LogP contribution in [0.1, 0.15) is 26.2 Å². The molecule has 1 aliphatic heterocycles. The zero-order valence-electron chi connectivity index (χ0n) is 12.2. The van der Waals surface area contributed by atoms with E-state index in [4.69, 9.17) is 14.6 Å². The molecule has 2 aliphatic rings. The SMILES string of the molecule is C=C(C)[C@H]1CC=C(O[C@@H]2O[C@H](CO)[C@@H](O)[C@H](O)[C@H]2O)CC1. The number of allylic oxidation sites excluding steroid dienone is 3. The van der Waals surface area contributed by atoms with E-state index in [-0.39, 0.29) is 0 Å². The van der Waals surface area contributed by atoms with Crippen molar-refractivity contribution in [2.75, 3.05) is 6.61 Å². The van der Waals surface area contributed by atoms with Gasteiger partial charge in [-0.25, -0.2) is 0 Å². The molecule has 0 aromatic carbocycles. The summed E-state index contributed by atoms with van der Waals surface area (Å²) >= 11 is 0. The third-order valence-electron chi connectivity index (χ3n) is 4.18. The molecule has 0 spiro atoms. The van der Waals surface area contributed by atoms with Crippen LogP contribution in [0.25, 0.3) is 0 Å². The molecule has 1 heterocycles. The minimum Gasteiger partial charge on any atom is -0.467 e. The average Bonchev–Trinajstić information content (AvgIpc) is 2.48. The third kappa shape index (κ3) is 3.64. The normalized spacial score (nSPS) is 40.5. The number of rotatable bonds is 4. The fourth-order valence-electron chi connectivity index (χ4n) is 2.68. The summed E-state index contributed by atoms with van der Waals surface area (Å²) in [5.74, 6) is 1.13. The Labute approximate surface area is 124 Å². The average molecular weight is 300 g/mol. The van der Waals surface area contributed by atoms with Gasteiger partial charge < -0.3 is 29.9 Å². The van der Waals surface area contributed by atoms with Crippen LogP contribution < -0.4 is 0 Å². The lowest BCUT2D eigenvalue weighted by atomic mass is 9.88. The molecule has 2 rings (SSSR count). The first-order valence-electron chi connectivity index (χ1n) is 7.25. The molecular weight excluding hydrogens is 276 g/mol. The van der Waals surface area contributed by atoms with Gasteiger partial charge in [0.2, 0.25) is 6.29 Å². The summed E-state index contributed by atoms with van der Waals surface area (Å²) in [4.78, 5) is 0. The van der Waals surface area contributed by atoms with E-state index in [1.165, 1.54) is 0 Å². The Morgan fingerprint density at radius 1 is 1.33 bits per heavy atom. The van der Waals surface area contributed by atoms with Crippen molar-refractivity contribution < 1.29 is 29.9 Å². The molecule has 1 saturated heterocycles. The summed E-state index contributed by atoms with van der Waals surface area (Å²) in [5.41, 5.74) is 1.14. The van der Waals surface area contributed by atoms with Crippen LogP contribution in [-0.2, 0) is 9.47 Å². The van der Waals surface area contributed by atoms with Crippen molar-refractivity contribution >= 4 is 0 Å². The highest BCUT2D eigenvalue weighted by molar-refractivity contribution is 5.08. The van der Waals surface area contributed by atoms with Crippen molar-refractivity contribution in [3.63, 3.8) is 0 Å². The predicted molar refractivity (Wildman–Crippen MR) is 75.1 cm³/mol. The minimum absolute atomic E-state index is 0.437. The van der Waals surface area contributed by atoms with Crippen LogP contribution in [0.15, 0.2) is 24.0 Å². The summed E-state index contributed by atoms with van der Waals surface area (Å²) in [7, 11) is 0. The highest BCUT2D eigenvalue weighted by Gasteiger charge is 2.44. The van der Waals surface area contributed by atoms with E-state index in [1.54, 1.807) is 0 Å². The number of aliphatic hydroxyl groups is 4. The second-order valence-corrected chi connectivity index (χ2v) is 5.80. The second kappa shape index (κ2) is 6.89. The van der Waals surface area contributed by atoms with E-state index < -0.39 is 37.3 Å². The molecule has 21 heavy (non-hydrogen) atoms. The van der Waals surface area contributed by atoms with E-state index in [1.807, 2.05) is 13.0 Å². The first kappa shape index (κ1) is 16.5. The van der Waals surface area contributed by atoms with Crippen molar-refractivity contribution in [2.45, 2.75) is 56.9 Å². The minimum atomic E-state index is -1.41. The molecule has 1 aliphatic carbocycles. The summed E-state index contributed by atoms with van der Waals surface area (Å²) in [6, 6.07) is 0. The largest absolute Gasteiger partial charge is 0.467 e. The van der Waals surface area contributed by atoms with Crippen LogP contribution in [0.3, 0.4) is 0 Å².